The predicted molar refractivity (Wildman–Crippen MR) is 63.2 cm³/mol. The molecule has 2 aromatic carbocycles. The first kappa shape index (κ1) is 10.7. The maximum atomic E-state index is 12.5. The van der Waals surface area contributed by atoms with Gasteiger partial charge < -0.3 is 4.74 Å². The Labute approximate surface area is 94.5 Å². The molecular formula is C14H13FO. The topological polar surface area (TPSA) is 9.23 Å². The maximum Gasteiger partial charge on any atom is 0.119 e. The van der Waals surface area contributed by atoms with Gasteiger partial charge in [-0.15, -0.1) is 0 Å². The van der Waals surface area contributed by atoms with Gasteiger partial charge in [-0.25, -0.2) is 4.39 Å². The fraction of sp³-hybridized carbons (Fsp3) is 0.143. The Bertz CT molecular complexity index is 434. The van der Waals surface area contributed by atoms with Gasteiger partial charge in [0.1, 0.15) is 12.4 Å². The van der Waals surface area contributed by atoms with Crippen LogP contribution in [-0.2, 0) is 6.67 Å². The van der Waals surface area contributed by atoms with Crippen molar-refractivity contribution in [2.24, 2.45) is 0 Å². The normalized spacial score (nSPS) is 10.1. The summed E-state index contributed by atoms with van der Waals surface area (Å²) in [5.74, 6) is 0.808. The van der Waals surface area contributed by atoms with Crippen molar-refractivity contribution in [1.29, 1.82) is 0 Å². The van der Waals surface area contributed by atoms with E-state index in [0.29, 0.717) is 5.56 Å². The minimum absolute atomic E-state index is 0.433. The van der Waals surface area contributed by atoms with Crippen molar-refractivity contribution >= 4 is 0 Å². The van der Waals surface area contributed by atoms with E-state index in [2.05, 4.69) is 0 Å². The van der Waals surface area contributed by atoms with Crippen LogP contribution in [0.2, 0.25) is 0 Å². The summed E-state index contributed by atoms with van der Waals surface area (Å²) in [6, 6.07) is 15.2. The summed E-state index contributed by atoms with van der Waals surface area (Å²) in [6.07, 6.45) is 0. The second kappa shape index (κ2) is 4.79. The molecule has 0 heterocycles. The summed E-state index contributed by atoms with van der Waals surface area (Å²) >= 11 is 0. The number of hydrogen-bond donors (Lipinski definition) is 0. The van der Waals surface area contributed by atoms with E-state index in [0.717, 1.165) is 16.9 Å². The summed E-state index contributed by atoms with van der Waals surface area (Å²) in [6.45, 7) is -0.433. The van der Waals surface area contributed by atoms with Gasteiger partial charge >= 0.3 is 0 Å². The molecule has 0 aliphatic rings. The molecule has 1 nitrogen and oxygen atoms in total. The Morgan fingerprint density at radius 3 is 2.38 bits per heavy atom. The van der Waals surface area contributed by atoms with E-state index in [1.807, 2.05) is 42.5 Å². The molecule has 2 aromatic rings. The van der Waals surface area contributed by atoms with Gasteiger partial charge in [0.15, 0.2) is 0 Å². The van der Waals surface area contributed by atoms with Crippen LogP contribution in [0.4, 0.5) is 4.39 Å². The van der Waals surface area contributed by atoms with E-state index < -0.39 is 6.67 Å². The Hall–Kier alpha value is -1.83. The zero-order valence-corrected chi connectivity index (χ0v) is 9.11. The molecule has 0 N–H and O–H groups in total. The monoisotopic (exact) mass is 216 g/mol. The molecule has 0 radical (unpaired) electrons. The smallest absolute Gasteiger partial charge is 0.119 e. The summed E-state index contributed by atoms with van der Waals surface area (Å²) in [7, 11) is 1.64. The molecule has 0 saturated heterocycles. The Kier molecular flexibility index (Phi) is 3.20. The third-order valence-electron chi connectivity index (χ3n) is 2.48. The van der Waals surface area contributed by atoms with Crippen molar-refractivity contribution in [2.75, 3.05) is 7.11 Å². The highest BCUT2D eigenvalue weighted by atomic mass is 19.1. The third-order valence-corrected chi connectivity index (χ3v) is 2.48. The molecule has 2 rings (SSSR count). The van der Waals surface area contributed by atoms with Crippen LogP contribution in [0.25, 0.3) is 11.1 Å². The highest BCUT2D eigenvalue weighted by molar-refractivity contribution is 5.65. The lowest BCUT2D eigenvalue weighted by Crippen LogP contribution is -1.85. The number of ether oxygens (including phenoxy) is 1. The van der Waals surface area contributed by atoms with Crippen LogP contribution in [0.1, 0.15) is 5.56 Å². The van der Waals surface area contributed by atoms with Gasteiger partial charge in [-0.05, 0) is 34.9 Å². The average Bonchev–Trinajstić information content (AvgIpc) is 2.39. The van der Waals surface area contributed by atoms with E-state index in [1.165, 1.54) is 0 Å². The predicted octanol–water partition coefficient (Wildman–Crippen LogP) is 3.83. The lowest BCUT2D eigenvalue weighted by molar-refractivity contribution is 0.415. The minimum Gasteiger partial charge on any atom is -0.497 e. The van der Waals surface area contributed by atoms with E-state index >= 15 is 0 Å². The number of halogens is 1. The first-order valence-electron chi connectivity index (χ1n) is 5.13. The van der Waals surface area contributed by atoms with E-state index in [1.54, 1.807) is 13.2 Å². The van der Waals surface area contributed by atoms with E-state index in [4.69, 9.17) is 4.74 Å². The van der Waals surface area contributed by atoms with Crippen molar-refractivity contribution in [1.82, 2.24) is 0 Å². The van der Waals surface area contributed by atoms with Crippen LogP contribution in [0.15, 0.2) is 48.5 Å². The summed E-state index contributed by atoms with van der Waals surface area (Å²) in [4.78, 5) is 0. The highest BCUT2D eigenvalue weighted by Crippen LogP contribution is 2.24. The van der Waals surface area contributed by atoms with Crippen molar-refractivity contribution in [3.63, 3.8) is 0 Å². The molecule has 0 atom stereocenters. The molecular weight excluding hydrogens is 203 g/mol. The van der Waals surface area contributed by atoms with E-state index in [-0.39, 0.29) is 0 Å². The van der Waals surface area contributed by atoms with Crippen molar-refractivity contribution in [3.8, 4) is 16.9 Å². The van der Waals surface area contributed by atoms with Crippen molar-refractivity contribution in [3.05, 3.63) is 54.1 Å². The Balaban J connectivity index is 2.41. The third kappa shape index (κ3) is 2.22. The van der Waals surface area contributed by atoms with Gasteiger partial charge in [-0.2, -0.15) is 0 Å². The lowest BCUT2D eigenvalue weighted by atomic mass is 10.0. The van der Waals surface area contributed by atoms with Crippen LogP contribution >= 0.6 is 0 Å². The molecule has 0 aliphatic carbocycles. The van der Waals surface area contributed by atoms with Gasteiger partial charge in [0.25, 0.3) is 0 Å². The fourth-order valence-electron chi connectivity index (χ4n) is 1.64. The molecule has 0 saturated carbocycles. The van der Waals surface area contributed by atoms with Crippen LogP contribution < -0.4 is 4.74 Å². The standard InChI is InChI=1S/C14H13FO/c1-16-14-7-3-6-13(9-14)12-5-2-4-11(8-12)10-15/h2-9H,10H2,1H3. The van der Waals surface area contributed by atoms with Gasteiger partial charge in [0.2, 0.25) is 0 Å². The number of rotatable bonds is 3. The Morgan fingerprint density at radius 2 is 1.69 bits per heavy atom. The molecule has 0 unspecified atom stereocenters. The number of methoxy groups -OCH3 is 1. The van der Waals surface area contributed by atoms with Crippen LogP contribution in [0.5, 0.6) is 5.75 Å². The molecule has 0 aromatic heterocycles. The first-order valence-corrected chi connectivity index (χ1v) is 5.13. The zero-order chi connectivity index (χ0) is 11.4. The van der Waals surface area contributed by atoms with Gasteiger partial charge in [0.05, 0.1) is 7.11 Å². The summed E-state index contributed by atoms with van der Waals surface area (Å²) < 4.78 is 17.7. The molecule has 2 heteroatoms. The van der Waals surface area contributed by atoms with Crippen LogP contribution in [-0.4, -0.2) is 7.11 Å². The molecule has 16 heavy (non-hydrogen) atoms. The number of benzene rings is 2. The number of hydrogen-bond acceptors (Lipinski definition) is 1. The zero-order valence-electron chi connectivity index (χ0n) is 9.11. The summed E-state index contributed by atoms with van der Waals surface area (Å²) in [5, 5.41) is 0. The minimum atomic E-state index is -0.433. The molecule has 0 spiro atoms. The van der Waals surface area contributed by atoms with E-state index in [9.17, 15) is 4.39 Å². The largest absolute Gasteiger partial charge is 0.497 e. The van der Waals surface area contributed by atoms with Gasteiger partial charge in [0, 0.05) is 0 Å². The Morgan fingerprint density at radius 1 is 1.00 bits per heavy atom. The molecule has 82 valence electrons. The van der Waals surface area contributed by atoms with Gasteiger partial charge in [-0.1, -0.05) is 30.3 Å². The summed E-state index contributed by atoms with van der Waals surface area (Å²) in [5.41, 5.74) is 2.74. The van der Waals surface area contributed by atoms with Crippen LogP contribution in [0, 0.1) is 0 Å². The molecule has 0 fully saturated rings. The first-order chi connectivity index (χ1) is 7.83. The second-order valence-electron chi connectivity index (χ2n) is 3.57. The molecule has 0 aliphatic heterocycles. The van der Waals surface area contributed by atoms with Gasteiger partial charge in [-0.3, -0.25) is 0 Å². The van der Waals surface area contributed by atoms with Crippen LogP contribution in [0.3, 0.4) is 0 Å². The number of alkyl halides is 1. The van der Waals surface area contributed by atoms with Crippen molar-refractivity contribution < 1.29 is 9.13 Å². The fourth-order valence-corrected chi connectivity index (χ4v) is 1.64. The maximum absolute atomic E-state index is 12.5. The SMILES string of the molecule is COc1cccc(-c2cccc(CF)c2)c1. The average molecular weight is 216 g/mol. The lowest BCUT2D eigenvalue weighted by Gasteiger charge is -2.05. The highest BCUT2D eigenvalue weighted by Gasteiger charge is 2.00. The van der Waals surface area contributed by atoms with Crippen molar-refractivity contribution in [2.45, 2.75) is 6.67 Å². The molecule has 0 bridgehead atoms. The second-order valence-corrected chi connectivity index (χ2v) is 3.57. The quantitative estimate of drug-likeness (QED) is 0.757. The molecule has 0 amide bonds.